The van der Waals surface area contributed by atoms with Crippen LogP contribution in [-0.4, -0.2) is 48.6 Å². The highest BCUT2D eigenvalue weighted by molar-refractivity contribution is 4.80. The van der Waals surface area contributed by atoms with Gasteiger partial charge in [-0.05, 0) is 25.8 Å². The Balaban J connectivity index is 1.72. The quantitative estimate of drug-likeness (QED) is 0.705. The molecule has 0 unspecified atom stereocenters. The van der Waals surface area contributed by atoms with E-state index in [4.69, 9.17) is 0 Å². The Morgan fingerprint density at radius 2 is 1.60 bits per heavy atom. The minimum absolute atomic E-state index is 0.933. The third-order valence-electron chi connectivity index (χ3n) is 4.04. The lowest BCUT2D eigenvalue weighted by Gasteiger charge is -2.40. The van der Waals surface area contributed by atoms with Gasteiger partial charge in [0, 0.05) is 32.2 Å². The minimum atomic E-state index is 0.933. The van der Waals surface area contributed by atoms with E-state index in [2.05, 4.69) is 16.7 Å². The van der Waals surface area contributed by atoms with E-state index in [1.807, 2.05) is 0 Å². The summed E-state index contributed by atoms with van der Waals surface area (Å²) < 4.78 is 0. The Kier molecular flexibility index (Phi) is 4.45. The summed E-state index contributed by atoms with van der Waals surface area (Å²) >= 11 is 0. The van der Waals surface area contributed by atoms with E-state index in [-0.39, 0.29) is 0 Å². The number of nitrogens with zero attached hydrogens (tertiary/aromatic N) is 2. The van der Waals surface area contributed by atoms with Crippen molar-refractivity contribution in [2.45, 2.75) is 51.5 Å². The normalized spacial score (nSPS) is 27.0. The van der Waals surface area contributed by atoms with Crippen LogP contribution in [0.15, 0.2) is 0 Å². The first-order chi connectivity index (χ1) is 7.40. The van der Waals surface area contributed by atoms with Crippen LogP contribution in [0.2, 0.25) is 0 Å². The molecular formula is C13H26N2. The van der Waals surface area contributed by atoms with Crippen LogP contribution >= 0.6 is 0 Å². The van der Waals surface area contributed by atoms with Gasteiger partial charge in [-0.1, -0.05) is 26.2 Å². The van der Waals surface area contributed by atoms with Crippen LogP contribution in [0.3, 0.4) is 0 Å². The zero-order valence-corrected chi connectivity index (χ0v) is 10.2. The third-order valence-corrected chi connectivity index (χ3v) is 4.04. The molecule has 15 heavy (non-hydrogen) atoms. The van der Waals surface area contributed by atoms with Gasteiger partial charge in [-0.2, -0.15) is 0 Å². The van der Waals surface area contributed by atoms with Crippen molar-refractivity contribution in [2.75, 3.05) is 32.7 Å². The summed E-state index contributed by atoms with van der Waals surface area (Å²) in [6.07, 6.45) is 8.66. The molecule has 0 aromatic heterocycles. The van der Waals surface area contributed by atoms with Gasteiger partial charge in [0.15, 0.2) is 0 Å². The van der Waals surface area contributed by atoms with Crippen molar-refractivity contribution in [1.29, 1.82) is 0 Å². The molecule has 0 spiro atoms. The maximum atomic E-state index is 2.76. The highest BCUT2D eigenvalue weighted by Crippen LogP contribution is 2.23. The van der Waals surface area contributed by atoms with Gasteiger partial charge in [-0.15, -0.1) is 0 Å². The number of piperazine rings is 1. The summed E-state index contributed by atoms with van der Waals surface area (Å²) in [6.45, 7) is 8.86. The predicted molar refractivity (Wildman–Crippen MR) is 65.2 cm³/mol. The van der Waals surface area contributed by atoms with Crippen molar-refractivity contribution in [3.05, 3.63) is 0 Å². The molecule has 0 radical (unpaired) electrons. The highest BCUT2D eigenvalue weighted by Gasteiger charge is 2.24. The lowest BCUT2D eigenvalue weighted by Crippen LogP contribution is -2.50. The Bertz CT molecular complexity index is 167. The van der Waals surface area contributed by atoms with Gasteiger partial charge in [-0.3, -0.25) is 4.90 Å². The molecule has 0 aromatic rings. The molecule has 0 atom stereocenters. The lowest BCUT2D eigenvalue weighted by atomic mass is 9.94. The SMILES string of the molecule is CCCN1CCN(C2CCCCC2)CC1. The topological polar surface area (TPSA) is 6.48 Å². The standard InChI is InChI=1S/C13H26N2/c1-2-8-14-9-11-15(12-10-14)13-6-4-3-5-7-13/h13H,2-12H2,1H3. The molecule has 0 aromatic carbocycles. The second kappa shape index (κ2) is 5.86. The molecule has 88 valence electrons. The second-order valence-corrected chi connectivity index (χ2v) is 5.17. The Morgan fingerprint density at radius 3 is 2.20 bits per heavy atom. The minimum Gasteiger partial charge on any atom is -0.301 e. The summed E-state index contributed by atoms with van der Waals surface area (Å²) in [6, 6.07) is 0.933. The van der Waals surface area contributed by atoms with Crippen molar-refractivity contribution in [3.8, 4) is 0 Å². The molecule has 2 aliphatic rings. The molecule has 0 amide bonds. The van der Waals surface area contributed by atoms with Crippen molar-refractivity contribution < 1.29 is 0 Å². The molecule has 0 bridgehead atoms. The van der Waals surface area contributed by atoms with Crippen molar-refractivity contribution in [1.82, 2.24) is 9.80 Å². The zero-order chi connectivity index (χ0) is 10.5. The molecule has 1 saturated carbocycles. The van der Waals surface area contributed by atoms with Crippen LogP contribution in [0.1, 0.15) is 45.4 Å². The molecule has 2 fully saturated rings. The van der Waals surface area contributed by atoms with E-state index in [0.29, 0.717) is 0 Å². The first kappa shape index (κ1) is 11.4. The molecule has 1 heterocycles. The van der Waals surface area contributed by atoms with Gasteiger partial charge in [0.25, 0.3) is 0 Å². The van der Waals surface area contributed by atoms with E-state index in [1.165, 1.54) is 71.2 Å². The number of hydrogen-bond acceptors (Lipinski definition) is 2. The number of rotatable bonds is 3. The first-order valence-corrected chi connectivity index (χ1v) is 6.86. The van der Waals surface area contributed by atoms with E-state index < -0.39 is 0 Å². The van der Waals surface area contributed by atoms with Crippen molar-refractivity contribution in [2.24, 2.45) is 0 Å². The largest absolute Gasteiger partial charge is 0.301 e. The molecule has 2 nitrogen and oxygen atoms in total. The summed E-state index contributed by atoms with van der Waals surface area (Å²) in [7, 11) is 0. The third kappa shape index (κ3) is 3.18. The Labute approximate surface area is 94.6 Å². The fourth-order valence-corrected chi connectivity index (χ4v) is 3.11. The smallest absolute Gasteiger partial charge is 0.0113 e. The van der Waals surface area contributed by atoms with Crippen LogP contribution < -0.4 is 0 Å². The van der Waals surface area contributed by atoms with Gasteiger partial charge in [0.05, 0.1) is 0 Å². The summed E-state index contributed by atoms with van der Waals surface area (Å²) in [5.41, 5.74) is 0. The average Bonchev–Trinajstić information content (AvgIpc) is 2.32. The van der Waals surface area contributed by atoms with Gasteiger partial charge in [0.2, 0.25) is 0 Å². The van der Waals surface area contributed by atoms with Crippen LogP contribution in [0, 0.1) is 0 Å². The van der Waals surface area contributed by atoms with E-state index in [9.17, 15) is 0 Å². The highest BCUT2D eigenvalue weighted by atomic mass is 15.3. The molecule has 1 aliphatic heterocycles. The van der Waals surface area contributed by atoms with E-state index in [1.54, 1.807) is 0 Å². The predicted octanol–water partition coefficient (Wildman–Crippen LogP) is 2.35. The van der Waals surface area contributed by atoms with Gasteiger partial charge in [-0.25, -0.2) is 0 Å². The van der Waals surface area contributed by atoms with E-state index in [0.717, 1.165) is 6.04 Å². The molecule has 1 saturated heterocycles. The fourth-order valence-electron chi connectivity index (χ4n) is 3.11. The molecular weight excluding hydrogens is 184 g/mol. The van der Waals surface area contributed by atoms with Crippen molar-refractivity contribution >= 4 is 0 Å². The van der Waals surface area contributed by atoms with Crippen LogP contribution in [0.25, 0.3) is 0 Å². The monoisotopic (exact) mass is 210 g/mol. The summed E-state index contributed by atoms with van der Waals surface area (Å²) in [5.74, 6) is 0. The first-order valence-electron chi connectivity index (χ1n) is 6.86. The van der Waals surface area contributed by atoms with Crippen LogP contribution in [0.4, 0.5) is 0 Å². The average molecular weight is 210 g/mol. The zero-order valence-electron chi connectivity index (χ0n) is 10.2. The van der Waals surface area contributed by atoms with Crippen molar-refractivity contribution in [3.63, 3.8) is 0 Å². The maximum absolute atomic E-state index is 2.76. The van der Waals surface area contributed by atoms with E-state index >= 15 is 0 Å². The van der Waals surface area contributed by atoms with Crippen LogP contribution in [0.5, 0.6) is 0 Å². The lowest BCUT2D eigenvalue weighted by molar-refractivity contribution is 0.0791. The van der Waals surface area contributed by atoms with Gasteiger partial charge < -0.3 is 4.90 Å². The maximum Gasteiger partial charge on any atom is 0.0113 e. The molecule has 0 N–H and O–H groups in total. The van der Waals surface area contributed by atoms with Crippen LogP contribution in [-0.2, 0) is 0 Å². The Morgan fingerprint density at radius 1 is 0.933 bits per heavy atom. The Hall–Kier alpha value is -0.0800. The number of hydrogen-bond donors (Lipinski definition) is 0. The van der Waals surface area contributed by atoms with Gasteiger partial charge >= 0.3 is 0 Å². The summed E-state index contributed by atoms with van der Waals surface area (Å²) in [4.78, 5) is 5.38. The second-order valence-electron chi connectivity index (χ2n) is 5.17. The molecule has 1 aliphatic carbocycles. The fraction of sp³-hybridized carbons (Fsp3) is 1.00. The molecule has 2 rings (SSSR count). The molecule has 2 heteroatoms. The summed E-state index contributed by atoms with van der Waals surface area (Å²) in [5, 5.41) is 0. The van der Waals surface area contributed by atoms with Gasteiger partial charge in [0.1, 0.15) is 0 Å².